The SMILES string of the molecule is CCCC(C)OC(=O)C(C(=O)O)(C(C)C)C(C)C. The number of hydrogen-bond acceptors (Lipinski definition) is 3. The molecular formula is C14H26O4. The number of carboxylic acid groups (broad SMARTS) is 1. The maximum atomic E-state index is 12.3. The van der Waals surface area contributed by atoms with Crippen molar-refractivity contribution in [2.75, 3.05) is 0 Å². The zero-order valence-corrected chi connectivity index (χ0v) is 12.3. The summed E-state index contributed by atoms with van der Waals surface area (Å²) in [5, 5.41) is 9.48. The number of hydrogen-bond donors (Lipinski definition) is 1. The first kappa shape index (κ1) is 16.9. The smallest absolute Gasteiger partial charge is 0.324 e. The minimum atomic E-state index is -1.46. The molecule has 0 saturated heterocycles. The Labute approximate surface area is 110 Å². The van der Waals surface area contributed by atoms with Crippen LogP contribution in [0.1, 0.15) is 54.4 Å². The maximum Gasteiger partial charge on any atom is 0.324 e. The summed E-state index contributed by atoms with van der Waals surface area (Å²) in [4.78, 5) is 23.9. The van der Waals surface area contributed by atoms with Crippen LogP contribution in [0.25, 0.3) is 0 Å². The molecule has 106 valence electrons. The van der Waals surface area contributed by atoms with E-state index in [0.29, 0.717) is 0 Å². The first-order valence-corrected chi connectivity index (χ1v) is 6.65. The summed E-state index contributed by atoms with van der Waals surface area (Å²) in [6.45, 7) is 10.8. The largest absolute Gasteiger partial charge is 0.480 e. The number of carbonyl (C=O) groups excluding carboxylic acids is 1. The second-order valence-electron chi connectivity index (χ2n) is 5.49. The maximum absolute atomic E-state index is 12.3. The number of ether oxygens (including phenoxy) is 1. The van der Waals surface area contributed by atoms with Crippen molar-refractivity contribution in [1.29, 1.82) is 0 Å². The second-order valence-corrected chi connectivity index (χ2v) is 5.49. The van der Waals surface area contributed by atoms with Crippen molar-refractivity contribution in [3.63, 3.8) is 0 Å². The van der Waals surface area contributed by atoms with E-state index in [1.807, 2.05) is 6.92 Å². The van der Waals surface area contributed by atoms with Crippen LogP contribution < -0.4 is 0 Å². The van der Waals surface area contributed by atoms with E-state index in [-0.39, 0.29) is 17.9 Å². The lowest BCUT2D eigenvalue weighted by atomic mass is 9.69. The highest BCUT2D eigenvalue weighted by atomic mass is 16.5. The van der Waals surface area contributed by atoms with Gasteiger partial charge in [-0.3, -0.25) is 9.59 Å². The molecule has 0 aromatic carbocycles. The van der Waals surface area contributed by atoms with Crippen molar-refractivity contribution >= 4 is 11.9 Å². The van der Waals surface area contributed by atoms with Gasteiger partial charge in [0.1, 0.15) is 0 Å². The highest BCUT2D eigenvalue weighted by Crippen LogP contribution is 2.38. The Balaban J connectivity index is 5.21. The quantitative estimate of drug-likeness (QED) is 0.563. The predicted octanol–water partition coefficient (Wildman–Crippen LogP) is 3.10. The van der Waals surface area contributed by atoms with Crippen LogP contribution in [-0.4, -0.2) is 23.1 Å². The van der Waals surface area contributed by atoms with Crippen molar-refractivity contribution in [3.05, 3.63) is 0 Å². The van der Waals surface area contributed by atoms with E-state index in [1.54, 1.807) is 34.6 Å². The van der Waals surface area contributed by atoms with E-state index in [0.717, 1.165) is 12.8 Å². The Morgan fingerprint density at radius 3 is 1.83 bits per heavy atom. The van der Waals surface area contributed by atoms with Crippen LogP contribution in [-0.2, 0) is 14.3 Å². The lowest BCUT2D eigenvalue weighted by Gasteiger charge is -2.35. The fraction of sp³-hybridized carbons (Fsp3) is 0.857. The molecule has 0 aliphatic heterocycles. The molecule has 0 heterocycles. The van der Waals surface area contributed by atoms with Crippen molar-refractivity contribution in [3.8, 4) is 0 Å². The monoisotopic (exact) mass is 258 g/mol. The minimum Gasteiger partial charge on any atom is -0.480 e. The molecule has 0 aliphatic rings. The van der Waals surface area contributed by atoms with Gasteiger partial charge >= 0.3 is 11.9 Å². The van der Waals surface area contributed by atoms with Crippen molar-refractivity contribution in [1.82, 2.24) is 0 Å². The molecule has 0 aromatic rings. The van der Waals surface area contributed by atoms with E-state index >= 15 is 0 Å². The standard InChI is InChI=1S/C14H26O4/c1-7-8-11(6)18-13(17)14(9(2)3,10(4)5)12(15)16/h9-11H,7-8H2,1-6H3,(H,15,16). The molecule has 1 N–H and O–H groups in total. The lowest BCUT2D eigenvalue weighted by molar-refractivity contribution is -0.180. The molecule has 0 rings (SSSR count). The summed E-state index contributed by atoms with van der Waals surface area (Å²) < 4.78 is 5.32. The highest BCUT2D eigenvalue weighted by Gasteiger charge is 2.53. The minimum absolute atomic E-state index is 0.237. The van der Waals surface area contributed by atoms with Crippen LogP contribution in [0.15, 0.2) is 0 Å². The molecule has 4 nitrogen and oxygen atoms in total. The van der Waals surface area contributed by atoms with Crippen molar-refractivity contribution in [2.24, 2.45) is 17.3 Å². The van der Waals surface area contributed by atoms with Crippen molar-refractivity contribution < 1.29 is 19.4 Å². The van der Waals surface area contributed by atoms with Gasteiger partial charge in [-0.15, -0.1) is 0 Å². The molecule has 0 saturated carbocycles. The topological polar surface area (TPSA) is 63.6 Å². The molecule has 0 fully saturated rings. The number of carbonyl (C=O) groups is 2. The Morgan fingerprint density at radius 1 is 1.11 bits per heavy atom. The molecule has 0 bridgehead atoms. The average molecular weight is 258 g/mol. The van der Waals surface area contributed by atoms with E-state index in [1.165, 1.54) is 0 Å². The molecule has 18 heavy (non-hydrogen) atoms. The first-order chi connectivity index (χ1) is 8.21. The van der Waals surface area contributed by atoms with Crippen LogP contribution in [0.4, 0.5) is 0 Å². The molecule has 1 atom stereocenters. The molecule has 0 amide bonds. The summed E-state index contributed by atoms with van der Waals surface area (Å²) in [5.74, 6) is -2.32. The molecule has 0 spiro atoms. The van der Waals surface area contributed by atoms with E-state index in [9.17, 15) is 14.7 Å². The number of aliphatic carboxylic acids is 1. The zero-order chi connectivity index (χ0) is 14.5. The number of carboxylic acids is 1. The molecule has 0 aromatic heterocycles. The Hall–Kier alpha value is -1.06. The normalized spacial score (nSPS) is 13.8. The molecule has 4 heteroatoms. The second kappa shape index (κ2) is 6.76. The van der Waals surface area contributed by atoms with Crippen LogP contribution in [0, 0.1) is 17.3 Å². The zero-order valence-electron chi connectivity index (χ0n) is 12.3. The van der Waals surface area contributed by atoms with Gasteiger partial charge in [-0.25, -0.2) is 0 Å². The fourth-order valence-electron chi connectivity index (χ4n) is 2.46. The molecule has 0 radical (unpaired) electrons. The third-order valence-corrected chi connectivity index (χ3v) is 3.52. The third-order valence-electron chi connectivity index (χ3n) is 3.52. The van der Waals surface area contributed by atoms with Gasteiger partial charge in [-0.05, 0) is 25.2 Å². The van der Waals surface area contributed by atoms with Gasteiger partial charge in [-0.2, -0.15) is 0 Å². The lowest BCUT2D eigenvalue weighted by Crippen LogP contribution is -2.49. The van der Waals surface area contributed by atoms with Crippen molar-refractivity contribution in [2.45, 2.75) is 60.5 Å². The fourth-order valence-corrected chi connectivity index (χ4v) is 2.46. The Bertz CT molecular complexity index is 286. The van der Waals surface area contributed by atoms with Gasteiger partial charge in [-0.1, -0.05) is 41.0 Å². The highest BCUT2D eigenvalue weighted by molar-refractivity contribution is 5.99. The summed E-state index contributed by atoms with van der Waals surface area (Å²) in [5.41, 5.74) is -1.46. The number of rotatable bonds is 7. The Kier molecular flexibility index (Phi) is 6.36. The van der Waals surface area contributed by atoms with Gasteiger partial charge in [0.2, 0.25) is 0 Å². The van der Waals surface area contributed by atoms with Crippen LogP contribution in [0.5, 0.6) is 0 Å². The van der Waals surface area contributed by atoms with E-state index < -0.39 is 17.4 Å². The summed E-state index contributed by atoms with van der Waals surface area (Å²) in [6, 6.07) is 0. The van der Waals surface area contributed by atoms with E-state index in [4.69, 9.17) is 4.74 Å². The van der Waals surface area contributed by atoms with Crippen LogP contribution in [0.2, 0.25) is 0 Å². The first-order valence-electron chi connectivity index (χ1n) is 6.65. The van der Waals surface area contributed by atoms with Gasteiger partial charge < -0.3 is 9.84 Å². The summed E-state index contributed by atoms with van der Waals surface area (Å²) in [7, 11) is 0. The van der Waals surface area contributed by atoms with Crippen LogP contribution in [0.3, 0.4) is 0 Å². The van der Waals surface area contributed by atoms with Gasteiger partial charge in [0.05, 0.1) is 6.10 Å². The summed E-state index contributed by atoms with van der Waals surface area (Å²) in [6.07, 6.45) is 1.41. The molecular weight excluding hydrogens is 232 g/mol. The van der Waals surface area contributed by atoms with E-state index in [2.05, 4.69) is 0 Å². The molecule has 1 unspecified atom stereocenters. The van der Waals surface area contributed by atoms with Gasteiger partial charge in [0, 0.05) is 0 Å². The van der Waals surface area contributed by atoms with Gasteiger partial charge in [0.15, 0.2) is 5.41 Å². The third kappa shape index (κ3) is 3.24. The predicted molar refractivity (Wildman–Crippen MR) is 70.2 cm³/mol. The van der Waals surface area contributed by atoms with Crippen LogP contribution >= 0.6 is 0 Å². The molecule has 0 aliphatic carbocycles. The van der Waals surface area contributed by atoms with Gasteiger partial charge in [0.25, 0.3) is 0 Å². The Morgan fingerprint density at radius 2 is 1.56 bits per heavy atom. The number of esters is 1. The summed E-state index contributed by atoms with van der Waals surface area (Å²) >= 11 is 0. The average Bonchev–Trinajstić information content (AvgIpc) is 2.15.